The van der Waals surface area contributed by atoms with Crippen molar-refractivity contribution in [3.05, 3.63) is 53.4 Å². The first kappa shape index (κ1) is 14.6. The molecule has 0 aliphatic carbocycles. The molecule has 2 heterocycles. The molecular weight excluding hydrogens is 268 g/mol. The van der Waals surface area contributed by atoms with Crippen molar-refractivity contribution in [2.24, 2.45) is 0 Å². The van der Waals surface area contributed by atoms with Crippen molar-refractivity contribution in [3.8, 4) is 11.8 Å². The average molecular weight is 282 g/mol. The van der Waals surface area contributed by atoms with Crippen LogP contribution in [0.15, 0.2) is 30.6 Å². The molecule has 0 bridgehead atoms. The van der Waals surface area contributed by atoms with E-state index in [1.54, 1.807) is 31.3 Å². The normalized spacial score (nSPS) is 9.62. The molecule has 0 fully saturated rings. The van der Waals surface area contributed by atoms with E-state index in [0.29, 0.717) is 11.4 Å². The van der Waals surface area contributed by atoms with Crippen LogP contribution in [0.25, 0.3) is 0 Å². The molecule has 0 atom stereocenters. The van der Waals surface area contributed by atoms with Gasteiger partial charge in [0.05, 0.1) is 17.8 Å². The Bertz CT molecular complexity index is 704. The number of aryl methyl sites for hydroxylation is 1. The van der Waals surface area contributed by atoms with Crippen LogP contribution in [-0.2, 0) is 6.54 Å². The van der Waals surface area contributed by atoms with Crippen LogP contribution in [0.2, 0.25) is 0 Å². The van der Waals surface area contributed by atoms with Gasteiger partial charge in [0, 0.05) is 12.4 Å². The van der Waals surface area contributed by atoms with Gasteiger partial charge < -0.3 is 10.4 Å². The molecule has 0 unspecified atom stereocenters. The minimum Gasteiger partial charge on any atom is -0.384 e. The number of amides is 1. The number of carbonyl (C=O) groups is 1. The minimum absolute atomic E-state index is 0.226. The summed E-state index contributed by atoms with van der Waals surface area (Å²) >= 11 is 0. The van der Waals surface area contributed by atoms with Gasteiger partial charge in [-0.15, -0.1) is 0 Å². The van der Waals surface area contributed by atoms with E-state index in [1.807, 2.05) is 0 Å². The van der Waals surface area contributed by atoms with Gasteiger partial charge in [-0.2, -0.15) is 0 Å². The number of aromatic nitrogens is 3. The van der Waals surface area contributed by atoms with E-state index in [9.17, 15) is 4.79 Å². The predicted molar refractivity (Wildman–Crippen MR) is 76.1 cm³/mol. The number of nitrogens with one attached hydrogen (secondary N) is 1. The first-order valence-corrected chi connectivity index (χ1v) is 6.32. The van der Waals surface area contributed by atoms with Gasteiger partial charge in [-0.1, -0.05) is 11.8 Å². The first-order valence-electron chi connectivity index (χ1n) is 6.32. The van der Waals surface area contributed by atoms with Crippen LogP contribution in [0, 0.1) is 18.8 Å². The Balaban J connectivity index is 2.10. The summed E-state index contributed by atoms with van der Waals surface area (Å²) in [6.07, 6.45) is 3.16. The van der Waals surface area contributed by atoms with E-state index in [1.165, 1.54) is 6.20 Å². The summed E-state index contributed by atoms with van der Waals surface area (Å²) in [5.74, 6) is 5.52. The Labute approximate surface area is 122 Å². The van der Waals surface area contributed by atoms with Crippen LogP contribution in [0.5, 0.6) is 0 Å². The van der Waals surface area contributed by atoms with Crippen LogP contribution in [-0.4, -0.2) is 32.6 Å². The molecule has 0 aromatic carbocycles. The molecule has 0 aliphatic rings. The highest BCUT2D eigenvalue weighted by molar-refractivity contribution is 5.94. The lowest BCUT2D eigenvalue weighted by molar-refractivity contribution is 0.0945. The zero-order chi connectivity index (χ0) is 15.1. The fourth-order valence-corrected chi connectivity index (χ4v) is 1.68. The third-order valence-electron chi connectivity index (χ3n) is 2.59. The highest BCUT2D eigenvalue weighted by Gasteiger charge is 2.11. The third kappa shape index (κ3) is 4.09. The number of carbonyl (C=O) groups excluding carboxylic acids is 1. The smallest absolute Gasteiger partial charge is 0.271 e. The highest BCUT2D eigenvalue weighted by Crippen LogP contribution is 2.04. The molecule has 0 radical (unpaired) electrons. The number of aliphatic hydroxyl groups is 1. The maximum Gasteiger partial charge on any atom is 0.271 e. The Morgan fingerprint density at radius 2 is 2.19 bits per heavy atom. The number of rotatable bonds is 3. The lowest BCUT2D eigenvalue weighted by Gasteiger charge is -2.06. The molecule has 0 aliphatic heterocycles. The van der Waals surface area contributed by atoms with Crippen molar-refractivity contribution in [3.63, 3.8) is 0 Å². The Morgan fingerprint density at radius 3 is 2.95 bits per heavy atom. The summed E-state index contributed by atoms with van der Waals surface area (Å²) in [5.41, 5.74) is 1.42. The number of hydrogen-bond donors (Lipinski definition) is 2. The number of hydrogen-bond acceptors (Lipinski definition) is 5. The number of nitrogens with zero attached hydrogens (tertiary/aromatic N) is 3. The van der Waals surface area contributed by atoms with Crippen LogP contribution in [0.1, 0.15) is 27.6 Å². The van der Waals surface area contributed by atoms with Crippen molar-refractivity contribution in [1.82, 2.24) is 20.3 Å². The van der Waals surface area contributed by atoms with Gasteiger partial charge in [0.2, 0.25) is 0 Å². The molecule has 106 valence electrons. The summed E-state index contributed by atoms with van der Waals surface area (Å²) < 4.78 is 0. The van der Waals surface area contributed by atoms with Crippen LogP contribution >= 0.6 is 0 Å². The third-order valence-corrected chi connectivity index (χ3v) is 2.59. The quantitative estimate of drug-likeness (QED) is 0.798. The Morgan fingerprint density at radius 1 is 1.33 bits per heavy atom. The largest absolute Gasteiger partial charge is 0.384 e. The Kier molecular flexibility index (Phi) is 4.96. The maximum atomic E-state index is 12.1. The van der Waals surface area contributed by atoms with Gasteiger partial charge in [0.15, 0.2) is 0 Å². The molecule has 0 saturated carbocycles. The van der Waals surface area contributed by atoms with Crippen LogP contribution in [0.3, 0.4) is 0 Å². The zero-order valence-electron chi connectivity index (χ0n) is 11.5. The van der Waals surface area contributed by atoms with Crippen molar-refractivity contribution >= 4 is 5.91 Å². The topological polar surface area (TPSA) is 88.0 Å². The molecular formula is C15H14N4O2. The molecule has 21 heavy (non-hydrogen) atoms. The summed E-state index contributed by atoms with van der Waals surface area (Å²) in [4.78, 5) is 24.4. The molecule has 2 rings (SSSR count). The summed E-state index contributed by atoms with van der Waals surface area (Å²) in [6.45, 7) is 1.80. The Hall–Kier alpha value is -2.78. The second-order valence-corrected chi connectivity index (χ2v) is 4.14. The van der Waals surface area contributed by atoms with E-state index in [2.05, 4.69) is 32.1 Å². The fraction of sp³-hybridized carbons (Fsp3) is 0.200. The molecule has 0 spiro atoms. The number of aliphatic hydroxyl groups excluding tert-OH is 1. The molecule has 2 aromatic rings. The van der Waals surface area contributed by atoms with Gasteiger partial charge in [0.25, 0.3) is 5.91 Å². The van der Waals surface area contributed by atoms with Gasteiger partial charge in [-0.25, -0.2) is 15.0 Å². The van der Waals surface area contributed by atoms with Crippen molar-refractivity contribution < 1.29 is 9.90 Å². The summed E-state index contributed by atoms with van der Waals surface area (Å²) in [7, 11) is 0. The van der Waals surface area contributed by atoms with Crippen LogP contribution < -0.4 is 5.32 Å². The van der Waals surface area contributed by atoms with E-state index >= 15 is 0 Å². The van der Waals surface area contributed by atoms with Crippen molar-refractivity contribution in [1.29, 1.82) is 0 Å². The monoisotopic (exact) mass is 282 g/mol. The lowest BCUT2D eigenvalue weighted by atomic mass is 10.2. The molecule has 6 nitrogen and oxygen atoms in total. The molecule has 0 saturated heterocycles. The van der Waals surface area contributed by atoms with E-state index < -0.39 is 0 Å². The lowest BCUT2D eigenvalue weighted by Crippen LogP contribution is -2.25. The summed E-state index contributed by atoms with van der Waals surface area (Å²) in [5, 5.41) is 11.5. The first-order chi connectivity index (χ1) is 10.2. The van der Waals surface area contributed by atoms with Gasteiger partial charge in [0.1, 0.15) is 18.1 Å². The minimum atomic E-state index is -0.339. The molecule has 2 aromatic heterocycles. The molecule has 2 N–H and O–H groups in total. The summed E-state index contributed by atoms with van der Waals surface area (Å²) in [6, 6.07) is 5.10. The van der Waals surface area contributed by atoms with Gasteiger partial charge in [-0.3, -0.25) is 4.79 Å². The fourth-order valence-electron chi connectivity index (χ4n) is 1.68. The van der Waals surface area contributed by atoms with E-state index in [4.69, 9.17) is 5.11 Å². The van der Waals surface area contributed by atoms with E-state index in [-0.39, 0.29) is 24.8 Å². The van der Waals surface area contributed by atoms with Crippen molar-refractivity contribution in [2.75, 3.05) is 6.61 Å². The van der Waals surface area contributed by atoms with E-state index in [0.717, 1.165) is 5.69 Å². The predicted octanol–water partition coefficient (Wildman–Crippen LogP) is 0.454. The SMILES string of the molecule is Cc1nccc(CNC(=O)c2ncccc2C#CCO)n1. The highest BCUT2D eigenvalue weighted by atomic mass is 16.2. The maximum absolute atomic E-state index is 12.1. The van der Waals surface area contributed by atoms with Gasteiger partial charge in [-0.05, 0) is 25.1 Å². The average Bonchev–Trinajstić information content (AvgIpc) is 2.51. The second kappa shape index (κ2) is 7.12. The van der Waals surface area contributed by atoms with Gasteiger partial charge >= 0.3 is 0 Å². The van der Waals surface area contributed by atoms with Crippen LogP contribution in [0.4, 0.5) is 0 Å². The van der Waals surface area contributed by atoms with Crippen molar-refractivity contribution in [2.45, 2.75) is 13.5 Å². The second-order valence-electron chi connectivity index (χ2n) is 4.14. The molecule has 6 heteroatoms. The zero-order valence-corrected chi connectivity index (χ0v) is 11.5. The molecule has 1 amide bonds. The number of pyridine rings is 1. The standard InChI is InChI=1S/C15H14N4O2/c1-11-16-8-6-13(19-11)10-18-15(21)14-12(5-3-9-20)4-2-7-17-14/h2,4,6-8,20H,9-10H2,1H3,(H,18,21).